The van der Waals surface area contributed by atoms with Gasteiger partial charge in [-0.1, -0.05) is 218 Å². The SMILES string of the molecule is c1ccc(N(c2ccc(-c3ccc(N(c4ccccc4)c4ccc(-c5ccc6c7ccccc7n(-c7ccc(-c8ccc(-n9c%10ccccc%10c%10ccccc%109)cc8)cc7)c6c5)c5ccccc45)cc3)cc2)c2cccc3ccccc23)cc1. The standard InChI is InChI=1S/C80H54N4/c1-3-20-61(21-4-1)81(75-33-17-19-59-18-7-8-24-68(59)75)63-43-34-55(35-44-63)56-36-45-64(46-37-56)82(62-22-5-2-6-23-62)79-53-52-67(69-25-9-10-26-70(69)79)60-42-51-74-73-29-13-16-32-78(73)84(80(74)54-60)66-49-40-58(41-50-66)57-38-47-65(48-39-57)83-76-30-14-11-27-71(76)72-28-12-15-31-77(72)83/h1-54H. The topological polar surface area (TPSA) is 16.3 Å². The summed E-state index contributed by atoms with van der Waals surface area (Å²) in [5.41, 5.74) is 20.7. The van der Waals surface area contributed by atoms with Crippen LogP contribution in [0.25, 0.3) is 110 Å². The van der Waals surface area contributed by atoms with Gasteiger partial charge in [0.25, 0.3) is 0 Å². The van der Waals surface area contributed by atoms with E-state index in [-0.39, 0.29) is 0 Å². The van der Waals surface area contributed by atoms with Crippen molar-refractivity contribution in [1.82, 2.24) is 9.13 Å². The van der Waals surface area contributed by atoms with E-state index in [2.05, 4.69) is 347 Å². The molecule has 0 spiro atoms. The van der Waals surface area contributed by atoms with Crippen LogP contribution in [-0.4, -0.2) is 9.13 Å². The number of aromatic nitrogens is 2. The first-order valence-corrected chi connectivity index (χ1v) is 28.8. The van der Waals surface area contributed by atoms with Crippen LogP contribution in [-0.2, 0) is 0 Å². The molecule has 14 aromatic carbocycles. The zero-order valence-corrected chi connectivity index (χ0v) is 46.0. The van der Waals surface area contributed by atoms with E-state index >= 15 is 0 Å². The summed E-state index contributed by atoms with van der Waals surface area (Å²) in [7, 11) is 0. The molecule has 84 heavy (non-hydrogen) atoms. The van der Waals surface area contributed by atoms with Crippen LogP contribution in [0.4, 0.5) is 34.1 Å². The highest BCUT2D eigenvalue weighted by molar-refractivity contribution is 6.13. The Bertz CT molecular complexity index is 5040. The first-order chi connectivity index (χ1) is 41.7. The van der Waals surface area contributed by atoms with Gasteiger partial charge in [-0.25, -0.2) is 0 Å². The number of benzene rings is 14. The van der Waals surface area contributed by atoms with E-state index in [4.69, 9.17) is 0 Å². The number of fused-ring (bicyclic) bond motifs is 8. The molecule has 0 bridgehead atoms. The molecule has 0 aliphatic carbocycles. The molecule has 4 heteroatoms. The van der Waals surface area contributed by atoms with Crippen LogP contribution in [0, 0.1) is 0 Å². The van der Waals surface area contributed by atoms with Crippen LogP contribution in [0.5, 0.6) is 0 Å². The van der Waals surface area contributed by atoms with Crippen LogP contribution >= 0.6 is 0 Å². The zero-order valence-electron chi connectivity index (χ0n) is 46.0. The number of anilines is 6. The maximum absolute atomic E-state index is 2.43. The van der Waals surface area contributed by atoms with Crippen molar-refractivity contribution in [2.24, 2.45) is 0 Å². The Hall–Kier alpha value is -11.2. The Balaban J connectivity index is 0.727. The monoisotopic (exact) mass is 1070 g/mol. The van der Waals surface area contributed by atoms with E-state index in [1.54, 1.807) is 0 Å². The molecule has 0 aliphatic rings. The summed E-state index contributed by atoms with van der Waals surface area (Å²) in [4.78, 5) is 4.75. The fourth-order valence-corrected chi connectivity index (χ4v) is 13.0. The predicted molar refractivity (Wildman–Crippen MR) is 356 cm³/mol. The lowest BCUT2D eigenvalue weighted by molar-refractivity contribution is 1.18. The van der Waals surface area contributed by atoms with Gasteiger partial charge in [0, 0.05) is 66.4 Å². The number of hydrogen-bond acceptors (Lipinski definition) is 2. The van der Waals surface area contributed by atoms with E-state index in [0.717, 1.165) is 56.6 Å². The molecular formula is C80H54N4. The van der Waals surface area contributed by atoms with Crippen molar-refractivity contribution >= 4 is 99.3 Å². The number of para-hydroxylation sites is 5. The highest BCUT2D eigenvalue weighted by atomic mass is 15.1. The lowest BCUT2D eigenvalue weighted by Gasteiger charge is -2.28. The molecule has 0 radical (unpaired) electrons. The Morgan fingerprint density at radius 1 is 0.202 bits per heavy atom. The number of nitrogens with zero attached hydrogens (tertiary/aromatic N) is 4. The molecular weight excluding hydrogens is 1020 g/mol. The van der Waals surface area contributed by atoms with Crippen LogP contribution in [0.2, 0.25) is 0 Å². The molecule has 16 aromatic rings. The normalized spacial score (nSPS) is 11.6. The second kappa shape index (κ2) is 20.4. The lowest BCUT2D eigenvalue weighted by Crippen LogP contribution is -2.10. The first kappa shape index (κ1) is 48.7. The Kier molecular flexibility index (Phi) is 11.8. The van der Waals surface area contributed by atoms with Crippen LogP contribution < -0.4 is 9.80 Å². The van der Waals surface area contributed by atoms with Crippen molar-refractivity contribution < 1.29 is 0 Å². The Morgan fingerprint density at radius 3 is 1.07 bits per heavy atom. The molecule has 0 fully saturated rings. The van der Waals surface area contributed by atoms with Crippen molar-refractivity contribution in [3.63, 3.8) is 0 Å². The minimum absolute atomic E-state index is 1.08. The van der Waals surface area contributed by atoms with Crippen LogP contribution in [0.3, 0.4) is 0 Å². The maximum Gasteiger partial charge on any atom is 0.0547 e. The predicted octanol–water partition coefficient (Wildman–Crippen LogP) is 22.1. The number of rotatable bonds is 11. The minimum Gasteiger partial charge on any atom is -0.310 e. The van der Waals surface area contributed by atoms with Gasteiger partial charge in [0.1, 0.15) is 0 Å². The van der Waals surface area contributed by atoms with E-state index in [1.165, 1.54) is 87.4 Å². The average Bonchev–Trinajstić information content (AvgIpc) is 2.18. The smallest absolute Gasteiger partial charge is 0.0547 e. The molecule has 2 aromatic heterocycles. The van der Waals surface area contributed by atoms with Crippen LogP contribution in [0.1, 0.15) is 0 Å². The maximum atomic E-state index is 2.43. The third-order valence-corrected chi connectivity index (χ3v) is 16.9. The van der Waals surface area contributed by atoms with Crippen molar-refractivity contribution in [1.29, 1.82) is 0 Å². The molecule has 4 nitrogen and oxygen atoms in total. The fraction of sp³-hybridized carbons (Fsp3) is 0. The van der Waals surface area contributed by atoms with Gasteiger partial charge in [-0.3, -0.25) is 0 Å². The molecule has 16 rings (SSSR count). The van der Waals surface area contributed by atoms with E-state index in [0.29, 0.717) is 0 Å². The summed E-state index contributed by atoms with van der Waals surface area (Å²) >= 11 is 0. The molecule has 2 heterocycles. The molecule has 0 amide bonds. The van der Waals surface area contributed by atoms with Crippen LogP contribution in [0.15, 0.2) is 328 Å². The second-order valence-corrected chi connectivity index (χ2v) is 21.7. The van der Waals surface area contributed by atoms with Crippen molar-refractivity contribution in [2.45, 2.75) is 0 Å². The van der Waals surface area contributed by atoms with Gasteiger partial charge in [0.05, 0.1) is 33.4 Å². The summed E-state index contributed by atoms with van der Waals surface area (Å²) in [6.07, 6.45) is 0. The quantitative estimate of drug-likeness (QED) is 0.128. The van der Waals surface area contributed by atoms with E-state index in [9.17, 15) is 0 Å². The van der Waals surface area contributed by atoms with Crippen molar-refractivity contribution in [2.75, 3.05) is 9.80 Å². The Labute approximate surface area is 487 Å². The minimum atomic E-state index is 1.08. The molecule has 394 valence electrons. The highest BCUT2D eigenvalue weighted by Crippen LogP contribution is 2.45. The van der Waals surface area contributed by atoms with Crippen molar-refractivity contribution in [3.05, 3.63) is 328 Å². The fourth-order valence-electron chi connectivity index (χ4n) is 13.0. The lowest BCUT2D eigenvalue weighted by atomic mass is 9.95. The average molecular weight is 1070 g/mol. The van der Waals surface area contributed by atoms with Gasteiger partial charge in [0.15, 0.2) is 0 Å². The van der Waals surface area contributed by atoms with E-state index in [1.807, 2.05) is 0 Å². The molecule has 0 saturated carbocycles. The van der Waals surface area contributed by atoms with Gasteiger partial charge in [-0.15, -0.1) is 0 Å². The summed E-state index contributed by atoms with van der Waals surface area (Å²) in [6.45, 7) is 0. The second-order valence-electron chi connectivity index (χ2n) is 21.7. The summed E-state index contributed by atoms with van der Waals surface area (Å²) in [5.74, 6) is 0. The largest absolute Gasteiger partial charge is 0.310 e. The molecule has 0 atom stereocenters. The van der Waals surface area contributed by atoms with Gasteiger partial charge >= 0.3 is 0 Å². The molecule has 0 aliphatic heterocycles. The van der Waals surface area contributed by atoms with Gasteiger partial charge in [0.2, 0.25) is 0 Å². The third-order valence-electron chi connectivity index (χ3n) is 16.9. The first-order valence-electron chi connectivity index (χ1n) is 28.8. The highest BCUT2D eigenvalue weighted by Gasteiger charge is 2.21. The van der Waals surface area contributed by atoms with E-state index < -0.39 is 0 Å². The van der Waals surface area contributed by atoms with Crippen molar-refractivity contribution in [3.8, 4) is 44.8 Å². The van der Waals surface area contributed by atoms with Gasteiger partial charge in [-0.2, -0.15) is 0 Å². The number of hydrogen-bond donors (Lipinski definition) is 0. The summed E-state index contributed by atoms with van der Waals surface area (Å²) < 4.78 is 4.81. The summed E-state index contributed by atoms with van der Waals surface area (Å²) in [6, 6.07) is 119. The van der Waals surface area contributed by atoms with Gasteiger partial charge in [-0.05, 0) is 153 Å². The molecule has 0 unspecified atom stereocenters. The molecule has 0 N–H and O–H groups in total. The third kappa shape index (κ3) is 8.30. The zero-order chi connectivity index (χ0) is 55.5. The summed E-state index contributed by atoms with van der Waals surface area (Å²) in [5, 5.41) is 9.79. The Morgan fingerprint density at radius 2 is 0.560 bits per heavy atom. The molecule has 0 saturated heterocycles. The van der Waals surface area contributed by atoms with Gasteiger partial charge < -0.3 is 18.9 Å².